The molecule has 3 nitrogen and oxygen atoms in total. The predicted octanol–water partition coefficient (Wildman–Crippen LogP) is 1.48. The normalized spacial score (nSPS) is 25.6. The number of hydrogen-bond acceptors (Lipinski definition) is 3. The number of nitrogens with two attached hydrogens (primary N) is 1. The first-order valence-electron chi connectivity index (χ1n) is 6.22. The van der Waals surface area contributed by atoms with E-state index in [0.29, 0.717) is 12.1 Å². The van der Waals surface area contributed by atoms with Crippen LogP contribution in [0.1, 0.15) is 31.2 Å². The second kappa shape index (κ2) is 5.97. The van der Waals surface area contributed by atoms with Crippen molar-refractivity contribution < 1.29 is 0 Å². The molecule has 1 aliphatic rings. The molecule has 3 N–H and O–H groups in total. The Morgan fingerprint density at radius 2 is 2.38 bits per heavy atom. The Balaban J connectivity index is 1.68. The van der Waals surface area contributed by atoms with Crippen LogP contribution in [0.3, 0.4) is 0 Å². The highest BCUT2D eigenvalue weighted by Gasteiger charge is 2.17. The van der Waals surface area contributed by atoms with Gasteiger partial charge in [0.15, 0.2) is 0 Å². The maximum absolute atomic E-state index is 5.96. The van der Waals surface area contributed by atoms with Crippen molar-refractivity contribution in [1.29, 1.82) is 0 Å². The van der Waals surface area contributed by atoms with Crippen LogP contribution in [0.25, 0.3) is 0 Å². The maximum Gasteiger partial charge on any atom is 0.0300 e. The molecule has 0 bridgehead atoms. The molecule has 0 aliphatic heterocycles. The van der Waals surface area contributed by atoms with Gasteiger partial charge in [-0.1, -0.05) is 12.5 Å². The van der Waals surface area contributed by atoms with Gasteiger partial charge in [-0.15, -0.1) is 0 Å². The summed E-state index contributed by atoms with van der Waals surface area (Å²) in [6.45, 7) is 1.03. The van der Waals surface area contributed by atoms with Crippen LogP contribution in [-0.2, 0) is 6.42 Å². The number of nitrogens with one attached hydrogen (secondary N) is 1. The quantitative estimate of drug-likeness (QED) is 0.806. The second-order valence-electron chi connectivity index (χ2n) is 4.69. The predicted molar refractivity (Wildman–Crippen MR) is 66.2 cm³/mol. The summed E-state index contributed by atoms with van der Waals surface area (Å²) in [5.41, 5.74) is 7.26. The number of hydrogen-bond donors (Lipinski definition) is 2. The lowest BCUT2D eigenvalue weighted by molar-refractivity contribution is 0.341. The second-order valence-corrected chi connectivity index (χ2v) is 4.69. The number of nitrogens with zero attached hydrogens (tertiary/aromatic N) is 1. The largest absolute Gasteiger partial charge is 0.328 e. The molecule has 0 spiro atoms. The molecular formula is C13H21N3. The van der Waals surface area contributed by atoms with Crippen LogP contribution >= 0.6 is 0 Å². The standard InChI is InChI=1S/C13H21N3/c14-12-4-1-5-13(9-12)16-8-6-11-3-2-7-15-10-11/h2-3,7,10,12-13,16H,1,4-6,8-9,14H2. The molecule has 2 atom stereocenters. The first kappa shape index (κ1) is 11.6. The van der Waals surface area contributed by atoms with E-state index in [1.54, 1.807) is 0 Å². The molecule has 1 saturated carbocycles. The monoisotopic (exact) mass is 219 g/mol. The molecule has 0 aromatic carbocycles. The summed E-state index contributed by atoms with van der Waals surface area (Å²) in [6, 6.07) is 5.15. The Hall–Kier alpha value is -0.930. The molecule has 1 fully saturated rings. The van der Waals surface area contributed by atoms with Crippen molar-refractivity contribution in [2.24, 2.45) is 5.73 Å². The lowest BCUT2D eigenvalue weighted by Crippen LogP contribution is -2.40. The van der Waals surface area contributed by atoms with Crippen LogP contribution in [0.15, 0.2) is 24.5 Å². The number of pyridine rings is 1. The van der Waals surface area contributed by atoms with Crippen LogP contribution in [-0.4, -0.2) is 23.6 Å². The Bertz CT molecular complexity index is 299. The number of rotatable bonds is 4. The molecule has 88 valence electrons. The fourth-order valence-corrected chi connectivity index (χ4v) is 2.38. The van der Waals surface area contributed by atoms with Gasteiger partial charge in [-0.25, -0.2) is 0 Å². The minimum atomic E-state index is 0.407. The molecule has 0 radical (unpaired) electrons. The van der Waals surface area contributed by atoms with E-state index in [2.05, 4.69) is 16.4 Å². The molecule has 0 saturated heterocycles. The van der Waals surface area contributed by atoms with E-state index in [1.807, 2.05) is 18.5 Å². The van der Waals surface area contributed by atoms with E-state index >= 15 is 0 Å². The highest BCUT2D eigenvalue weighted by atomic mass is 14.9. The summed E-state index contributed by atoms with van der Waals surface area (Å²) < 4.78 is 0. The van der Waals surface area contributed by atoms with E-state index in [9.17, 15) is 0 Å². The number of aromatic nitrogens is 1. The summed E-state index contributed by atoms with van der Waals surface area (Å²) >= 11 is 0. The average Bonchev–Trinajstić information content (AvgIpc) is 2.30. The summed E-state index contributed by atoms with van der Waals surface area (Å²) in [5.74, 6) is 0. The molecular weight excluding hydrogens is 198 g/mol. The summed E-state index contributed by atoms with van der Waals surface area (Å²) in [7, 11) is 0. The zero-order chi connectivity index (χ0) is 11.2. The first-order chi connectivity index (χ1) is 7.84. The van der Waals surface area contributed by atoms with Crippen molar-refractivity contribution >= 4 is 0 Å². The molecule has 1 heterocycles. The average molecular weight is 219 g/mol. The van der Waals surface area contributed by atoms with Gasteiger partial charge in [0, 0.05) is 24.5 Å². The van der Waals surface area contributed by atoms with Gasteiger partial charge >= 0.3 is 0 Å². The highest BCUT2D eigenvalue weighted by molar-refractivity contribution is 5.08. The van der Waals surface area contributed by atoms with Gasteiger partial charge in [-0.3, -0.25) is 4.98 Å². The molecule has 16 heavy (non-hydrogen) atoms. The Morgan fingerprint density at radius 1 is 1.44 bits per heavy atom. The van der Waals surface area contributed by atoms with Gasteiger partial charge < -0.3 is 11.1 Å². The van der Waals surface area contributed by atoms with E-state index < -0.39 is 0 Å². The molecule has 1 aromatic heterocycles. The Kier molecular flexibility index (Phi) is 4.31. The van der Waals surface area contributed by atoms with Crippen LogP contribution < -0.4 is 11.1 Å². The van der Waals surface area contributed by atoms with Crippen molar-refractivity contribution in [2.75, 3.05) is 6.54 Å². The minimum absolute atomic E-state index is 0.407. The van der Waals surface area contributed by atoms with Crippen molar-refractivity contribution in [1.82, 2.24) is 10.3 Å². The highest BCUT2D eigenvalue weighted by Crippen LogP contribution is 2.16. The molecule has 0 amide bonds. The van der Waals surface area contributed by atoms with Gasteiger partial charge in [-0.2, -0.15) is 0 Å². The third-order valence-electron chi connectivity index (χ3n) is 3.28. The van der Waals surface area contributed by atoms with E-state index in [4.69, 9.17) is 5.73 Å². The molecule has 1 aromatic rings. The molecule has 2 rings (SSSR count). The zero-order valence-corrected chi connectivity index (χ0v) is 9.73. The molecule has 3 heteroatoms. The third-order valence-corrected chi connectivity index (χ3v) is 3.28. The van der Waals surface area contributed by atoms with Crippen molar-refractivity contribution in [3.05, 3.63) is 30.1 Å². The maximum atomic E-state index is 5.96. The zero-order valence-electron chi connectivity index (χ0n) is 9.73. The smallest absolute Gasteiger partial charge is 0.0300 e. The Morgan fingerprint density at radius 3 is 3.12 bits per heavy atom. The fourth-order valence-electron chi connectivity index (χ4n) is 2.38. The van der Waals surface area contributed by atoms with E-state index in [-0.39, 0.29) is 0 Å². The summed E-state index contributed by atoms with van der Waals surface area (Å²) in [4.78, 5) is 4.11. The van der Waals surface area contributed by atoms with Crippen molar-refractivity contribution in [3.8, 4) is 0 Å². The van der Waals surface area contributed by atoms with Crippen molar-refractivity contribution in [2.45, 2.75) is 44.2 Å². The van der Waals surface area contributed by atoms with Crippen LogP contribution in [0, 0.1) is 0 Å². The lowest BCUT2D eigenvalue weighted by atomic mass is 9.91. The molecule has 1 aliphatic carbocycles. The summed E-state index contributed by atoms with van der Waals surface area (Å²) in [6.07, 6.45) is 9.69. The SMILES string of the molecule is NC1CCCC(NCCc2cccnc2)C1. The first-order valence-corrected chi connectivity index (χ1v) is 6.22. The minimum Gasteiger partial charge on any atom is -0.328 e. The van der Waals surface area contributed by atoms with Gasteiger partial charge in [0.25, 0.3) is 0 Å². The summed E-state index contributed by atoms with van der Waals surface area (Å²) in [5, 5.41) is 3.59. The van der Waals surface area contributed by atoms with Crippen LogP contribution in [0.4, 0.5) is 0 Å². The molecule has 2 unspecified atom stereocenters. The fraction of sp³-hybridized carbons (Fsp3) is 0.615. The van der Waals surface area contributed by atoms with Gasteiger partial charge in [0.1, 0.15) is 0 Å². The van der Waals surface area contributed by atoms with Gasteiger partial charge in [-0.05, 0) is 43.9 Å². The van der Waals surface area contributed by atoms with Gasteiger partial charge in [0.05, 0.1) is 0 Å². The van der Waals surface area contributed by atoms with Crippen LogP contribution in [0.2, 0.25) is 0 Å². The van der Waals surface area contributed by atoms with E-state index in [1.165, 1.54) is 24.8 Å². The van der Waals surface area contributed by atoms with Crippen LogP contribution in [0.5, 0.6) is 0 Å². The van der Waals surface area contributed by atoms with E-state index in [0.717, 1.165) is 19.4 Å². The Labute approximate surface area is 97.5 Å². The topological polar surface area (TPSA) is 50.9 Å². The third kappa shape index (κ3) is 3.58. The lowest BCUT2D eigenvalue weighted by Gasteiger charge is -2.27. The van der Waals surface area contributed by atoms with Crippen molar-refractivity contribution in [3.63, 3.8) is 0 Å². The van der Waals surface area contributed by atoms with Gasteiger partial charge in [0.2, 0.25) is 0 Å².